The standard InChI is InChI=1S/C14H11N3O2/c1-9-12-3-2-8-15-13(12)17(16-9)11-6-4-10(5-7-11)14(18)19/h2-8H,1H3,(H,18,19). The minimum Gasteiger partial charge on any atom is -0.478 e. The molecule has 5 heteroatoms. The van der Waals surface area contributed by atoms with Crippen molar-refractivity contribution in [2.75, 3.05) is 0 Å². The Morgan fingerprint density at radius 1 is 1.21 bits per heavy atom. The van der Waals surface area contributed by atoms with Gasteiger partial charge in [0.15, 0.2) is 5.65 Å². The van der Waals surface area contributed by atoms with Gasteiger partial charge in [0.2, 0.25) is 0 Å². The van der Waals surface area contributed by atoms with Gasteiger partial charge in [-0.1, -0.05) is 0 Å². The van der Waals surface area contributed by atoms with E-state index in [4.69, 9.17) is 5.11 Å². The molecule has 2 heterocycles. The summed E-state index contributed by atoms with van der Waals surface area (Å²) in [5.74, 6) is -0.939. The Morgan fingerprint density at radius 3 is 2.63 bits per heavy atom. The molecule has 1 aromatic carbocycles. The molecule has 5 nitrogen and oxygen atoms in total. The van der Waals surface area contributed by atoms with Crippen LogP contribution in [0.3, 0.4) is 0 Å². The molecule has 0 aliphatic heterocycles. The van der Waals surface area contributed by atoms with Crippen molar-refractivity contribution < 1.29 is 9.90 Å². The molecule has 0 spiro atoms. The molecule has 94 valence electrons. The molecule has 0 fully saturated rings. The summed E-state index contributed by atoms with van der Waals surface area (Å²) in [5, 5.41) is 14.3. The highest BCUT2D eigenvalue weighted by atomic mass is 16.4. The van der Waals surface area contributed by atoms with E-state index in [1.807, 2.05) is 19.1 Å². The Bertz CT molecular complexity index is 760. The molecule has 3 aromatic rings. The summed E-state index contributed by atoms with van der Waals surface area (Å²) in [7, 11) is 0. The number of aryl methyl sites for hydroxylation is 1. The van der Waals surface area contributed by atoms with Gasteiger partial charge in [0.05, 0.1) is 16.9 Å². The number of pyridine rings is 1. The van der Waals surface area contributed by atoms with Gasteiger partial charge in [-0.25, -0.2) is 14.5 Å². The SMILES string of the molecule is Cc1nn(-c2ccc(C(=O)O)cc2)c2ncccc12. The molecule has 0 unspecified atom stereocenters. The molecule has 0 saturated heterocycles. The molecule has 0 atom stereocenters. The van der Waals surface area contributed by atoms with E-state index in [0.717, 1.165) is 22.4 Å². The van der Waals surface area contributed by atoms with Gasteiger partial charge in [-0.2, -0.15) is 5.10 Å². The fourth-order valence-electron chi connectivity index (χ4n) is 2.02. The van der Waals surface area contributed by atoms with Crippen LogP contribution in [0, 0.1) is 6.92 Å². The number of carboxylic acids is 1. The zero-order valence-electron chi connectivity index (χ0n) is 10.2. The van der Waals surface area contributed by atoms with Crippen molar-refractivity contribution in [1.29, 1.82) is 0 Å². The van der Waals surface area contributed by atoms with Crippen LogP contribution in [0.5, 0.6) is 0 Å². The first-order chi connectivity index (χ1) is 9.16. The van der Waals surface area contributed by atoms with Gasteiger partial charge in [-0.05, 0) is 43.3 Å². The van der Waals surface area contributed by atoms with Crippen molar-refractivity contribution >= 4 is 17.0 Å². The monoisotopic (exact) mass is 253 g/mol. The second kappa shape index (κ2) is 4.20. The minimum atomic E-state index is -0.939. The van der Waals surface area contributed by atoms with E-state index in [9.17, 15) is 4.79 Å². The molecule has 0 aliphatic rings. The lowest BCUT2D eigenvalue weighted by molar-refractivity contribution is 0.0697. The Morgan fingerprint density at radius 2 is 1.95 bits per heavy atom. The summed E-state index contributed by atoms with van der Waals surface area (Å²) in [6, 6.07) is 10.4. The molecular weight excluding hydrogens is 242 g/mol. The number of hydrogen-bond acceptors (Lipinski definition) is 3. The van der Waals surface area contributed by atoms with Crippen molar-refractivity contribution in [3.05, 3.63) is 53.9 Å². The van der Waals surface area contributed by atoms with E-state index in [2.05, 4.69) is 10.1 Å². The number of carbonyl (C=O) groups is 1. The number of benzene rings is 1. The summed E-state index contributed by atoms with van der Waals surface area (Å²) in [6.07, 6.45) is 1.71. The predicted molar refractivity (Wildman–Crippen MR) is 70.6 cm³/mol. The summed E-state index contributed by atoms with van der Waals surface area (Å²) < 4.78 is 1.72. The van der Waals surface area contributed by atoms with Crippen molar-refractivity contribution in [2.24, 2.45) is 0 Å². The van der Waals surface area contributed by atoms with E-state index >= 15 is 0 Å². The normalized spacial score (nSPS) is 10.8. The van der Waals surface area contributed by atoms with Crippen LogP contribution in [0.1, 0.15) is 16.1 Å². The first-order valence-corrected chi connectivity index (χ1v) is 5.81. The van der Waals surface area contributed by atoms with Crippen LogP contribution < -0.4 is 0 Å². The van der Waals surface area contributed by atoms with Gasteiger partial charge in [0.25, 0.3) is 0 Å². The highest BCUT2D eigenvalue weighted by Crippen LogP contribution is 2.19. The van der Waals surface area contributed by atoms with Crippen molar-refractivity contribution in [1.82, 2.24) is 14.8 Å². The molecule has 0 amide bonds. The van der Waals surface area contributed by atoms with E-state index in [1.165, 1.54) is 0 Å². The van der Waals surface area contributed by atoms with E-state index in [-0.39, 0.29) is 5.56 Å². The molecule has 1 N–H and O–H groups in total. The van der Waals surface area contributed by atoms with Crippen LogP contribution >= 0.6 is 0 Å². The van der Waals surface area contributed by atoms with Crippen LogP contribution in [0.15, 0.2) is 42.6 Å². The van der Waals surface area contributed by atoms with Gasteiger partial charge in [0, 0.05) is 11.6 Å². The summed E-state index contributed by atoms with van der Waals surface area (Å²) in [4.78, 5) is 15.2. The maximum Gasteiger partial charge on any atom is 0.335 e. The van der Waals surface area contributed by atoms with Gasteiger partial charge in [-0.3, -0.25) is 0 Å². The molecule has 0 saturated carbocycles. The van der Waals surface area contributed by atoms with Crippen LogP contribution in [0.4, 0.5) is 0 Å². The first kappa shape index (κ1) is 11.4. The van der Waals surface area contributed by atoms with Gasteiger partial charge >= 0.3 is 5.97 Å². The lowest BCUT2D eigenvalue weighted by Gasteiger charge is -2.03. The zero-order valence-corrected chi connectivity index (χ0v) is 10.2. The Balaban J connectivity index is 2.16. The second-order valence-electron chi connectivity index (χ2n) is 4.22. The van der Waals surface area contributed by atoms with Gasteiger partial charge in [-0.15, -0.1) is 0 Å². The van der Waals surface area contributed by atoms with Crippen LogP contribution in [0.2, 0.25) is 0 Å². The average molecular weight is 253 g/mol. The van der Waals surface area contributed by atoms with Crippen LogP contribution in [0.25, 0.3) is 16.7 Å². The van der Waals surface area contributed by atoms with Crippen molar-refractivity contribution in [3.8, 4) is 5.69 Å². The fourth-order valence-corrected chi connectivity index (χ4v) is 2.02. The third-order valence-electron chi connectivity index (χ3n) is 2.99. The molecular formula is C14H11N3O2. The van der Waals surface area contributed by atoms with Crippen molar-refractivity contribution in [2.45, 2.75) is 6.92 Å². The smallest absolute Gasteiger partial charge is 0.335 e. The Labute approximate surface area is 109 Å². The lowest BCUT2D eigenvalue weighted by atomic mass is 10.2. The lowest BCUT2D eigenvalue weighted by Crippen LogP contribution is -2.00. The minimum absolute atomic E-state index is 0.255. The van der Waals surface area contributed by atoms with Crippen molar-refractivity contribution in [3.63, 3.8) is 0 Å². The van der Waals surface area contributed by atoms with E-state index in [0.29, 0.717) is 0 Å². The number of carboxylic acid groups (broad SMARTS) is 1. The maximum absolute atomic E-state index is 10.8. The predicted octanol–water partition coefficient (Wildman–Crippen LogP) is 2.43. The molecule has 3 rings (SSSR count). The number of hydrogen-bond donors (Lipinski definition) is 1. The Hall–Kier alpha value is -2.69. The molecule has 2 aromatic heterocycles. The third-order valence-corrected chi connectivity index (χ3v) is 2.99. The second-order valence-corrected chi connectivity index (χ2v) is 4.22. The third kappa shape index (κ3) is 1.85. The quantitative estimate of drug-likeness (QED) is 0.761. The number of rotatable bonds is 2. The first-order valence-electron chi connectivity index (χ1n) is 5.81. The molecule has 19 heavy (non-hydrogen) atoms. The summed E-state index contributed by atoms with van der Waals surface area (Å²) >= 11 is 0. The molecule has 0 bridgehead atoms. The molecule has 0 radical (unpaired) electrons. The number of nitrogens with zero attached hydrogens (tertiary/aromatic N) is 3. The highest BCUT2D eigenvalue weighted by Gasteiger charge is 2.10. The highest BCUT2D eigenvalue weighted by molar-refractivity contribution is 5.88. The Kier molecular flexibility index (Phi) is 2.52. The van der Waals surface area contributed by atoms with Crippen LogP contribution in [-0.4, -0.2) is 25.8 Å². The largest absolute Gasteiger partial charge is 0.478 e. The maximum atomic E-state index is 10.8. The summed E-state index contributed by atoms with van der Waals surface area (Å²) in [5.41, 5.74) is 2.71. The fraction of sp³-hybridized carbons (Fsp3) is 0.0714. The average Bonchev–Trinajstić information content (AvgIpc) is 2.77. The van der Waals surface area contributed by atoms with Gasteiger partial charge < -0.3 is 5.11 Å². The zero-order chi connectivity index (χ0) is 13.4. The van der Waals surface area contributed by atoms with Crippen LogP contribution in [-0.2, 0) is 0 Å². The summed E-state index contributed by atoms with van der Waals surface area (Å²) in [6.45, 7) is 1.92. The number of aromatic carboxylic acids is 1. The van der Waals surface area contributed by atoms with E-state index in [1.54, 1.807) is 35.1 Å². The number of fused-ring (bicyclic) bond motifs is 1. The molecule has 0 aliphatic carbocycles. The number of aromatic nitrogens is 3. The topological polar surface area (TPSA) is 68.0 Å². The van der Waals surface area contributed by atoms with Gasteiger partial charge in [0.1, 0.15) is 0 Å². The van der Waals surface area contributed by atoms with E-state index < -0.39 is 5.97 Å².